The molecule has 3 aromatic rings. The fraction of sp³-hybridized carbons (Fsp3) is 0.0714. The molecular formula is C14H7F3N2O3. The maximum Gasteiger partial charge on any atom is 0.418 e. The van der Waals surface area contributed by atoms with Gasteiger partial charge in [0.1, 0.15) is 0 Å². The number of fused-ring (bicyclic) bond motifs is 1. The van der Waals surface area contributed by atoms with Crippen molar-refractivity contribution < 1.29 is 27.6 Å². The summed E-state index contributed by atoms with van der Waals surface area (Å²) in [5, 5.41) is 12.4. The van der Waals surface area contributed by atoms with E-state index in [2.05, 4.69) is 10.1 Å². The summed E-state index contributed by atoms with van der Waals surface area (Å²) in [6.45, 7) is 0. The summed E-state index contributed by atoms with van der Waals surface area (Å²) in [5.41, 5.74) is -0.703. The minimum absolute atomic E-state index is 0.00391. The monoisotopic (exact) mass is 308 g/mol. The standard InChI is InChI=1S/C14H7F3N2O3/c15-14(16,17)10-6-18-5-8-3-7(1-2-9(8)10)12-4-11(13(20)21)19-22-12/h1-6H,(H,20,21). The van der Waals surface area contributed by atoms with Crippen molar-refractivity contribution >= 4 is 16.7 Å². The van der Waals surface area contributed by atoms with Gasteiger partial charge in [0, 0.05) is 29.4 Å². The Morgan fingerprint density at radius 2 is 1.95 bits per heavy atom. The minimum atomic E-state index is -4.50. The maximum absolute atomic E-state index is 12.9. The molecule has 0 amide bonds. The average Bonchev–Trinajstić information content (AvgIpc) is 2.95. The quantitative estimate of drug-likeness (QED) is 0.782. The molecule has 0 saturated carbocycles. The van der Waals surface area contributed by atoms with Crippen LogP contribution in [0.4, 0.5) is 13.2 Å². The van der Waals surface area contributed by atoms with Gasteiger partial charge in [-0.05, 0) is 11.5 Å². The molecule has 0 aliphatic heterocycles. The number of aromatic nitrogens is 2. The maximum atomic E-state index is 12.9. The summed E-state index contributed by atoms with van der Waals surface area (Å²) in [7, 11) is 0. The molecule has 0 aliphatic rings. The molecule has 0 atom stereocenters. The Balaban J connectivity index is 2.12. The molecule has 0 spiro atoms. The molecule has 0 aliphatic carbocycles. The molecule has 1 aromatic carbocycles. The second-order valence-electron chi connectivity index (χ2n) is 4.50. The van der Waals surface area contributed by atoms with Crippen molar-refractivity contribution in [1.29, 1.82) is 0 Å². The van der Waals surface area contributed by atoms with Gasteiger partial charge in [0.05, 0.1) is 5.56 Å². The Kier molecular flexibility index (Phi) is 3.09. The van der Waals surface area contributed by atoms with E-state index in [1.54, 1.807) is 0 Å². The topological polar surface area (TPSA) is 76.2 Å². The third-order valence-corrected chi connectivity index (χ3v) is 3.08. The number of benzene rings is 1. The summed E-state index contributed by atoms with van der Waals surface area (Å²) in [6.07, 6.45) is -2.45. The Hall–Kier alpha value is -2.90. The van der Waals surface area contributed by atoms with Gasteiger partial charge in [0.15, 0.2) is 11.5 Å². The van der Waals surface area contributed by atoms with Crippen molar-refractivity contribution in [2.24, 2.45) is 0 Å². The molecule has 2 aromatic heterocycles. The van der Waals surface area contributed by atoms with Gasteiger partial charge in [-0.2, -0.15) is 13.2 Å². The first-order chi connectivity index (χ1) is 10.4. The van der Waals surface area contributed by atoms with E-state index in [9.17, 15) is 18.0 Å². The summed E-state index contributed by atoms with van der Waals surface area (Å²) >= 11 is 0. The van der Waals surface area contributed by atoms with E-state index >= 15 is 0 Å². The lowest BCUT2D eigenvalue weighted by molar-refractivity contribution is -0.136. The van der Waals surface area contributed by atoms with E-state index in [0.29, 0.717) is 5.56 Å². The van der Waals surface area contributed by atoms with Crippen molar-refractivity contribution in [3.8, 4) is 11.3 Å². The van der Waals surface area contributed by atoms with Gasteiger partial charge in [0.2, 0.25) is 0 Å². The van der Waals surface area contributed by atoms with Gasteiger partial charge in [-0.25, -0.2) is 4.79 Å². The molecule has 5 nitrogen and oxygen atoms in total. The van der Waals surface area contributed by atoms with Crippen LogP contribution in [-0.4, -0.2) is 21.2 Å². The average molecular weight is 308 g/mol. The summed E-state index contributed by atoms with van der Waals surface area (Å²) < 4.78 is 43.6. The highest BCUT2D eigenvalue weighted by Crippen LogP contribution is 2.35. The minimum Gasteiger partial charge on any atom is -0.476 e. The molecule has 0 unspecified atom stereocenters. The molecule has 3 rings (SSSR count). The smallest absolute Gasteiger partial charge is 0.418 e. The number of carboxylic acid groups (broad SMARTS) is 1. The summed E-state index contributed by atoms with van der Waals surface area (Å²) in [4.78, 5) is 14.3. The fourth-order valence-electron chi connectivity index (χ4n) is 2.07. The molecule has 0 fully saturated rings. The van der Waals surface area contributed by atoms with Gasteiger partial charge < -0.3 is 9.63 Å². The van der Waals surface area contributed by atoms with Crippen LogP contribution >= 0.6 is 0 Å². The van der Waals surface area contributed by atoms with E-state index in [-0.39, 0.29) is 22.2 Å². The fourth-order valence-corrected chi connectivity index (χ4v) is 2.07. The molecule has 2 heterocycles. The van der Waals surface area contributed by atoms with Crippen LogP contribution < -0.4 is 0 Å². The third-order valence-electron chi connectivity index (χ3n) is 3.08. The van der Waals surface area contributed by atoms with Crippen LogP contribution in [0.25, 0.3) is 22.1 Å². The van der Waals surface area contributed by atoms with Crippen LogP contribution in [0.1, 0.15) is 16.1 Å². The van der Waals surface area contributed by atoms with Crippen molar-refractivity contribution in [3.05, 3.63) is 47.9 Å². The van der Waals surface area contributed by atoms with Crippen LogP contribution in [0.2, 0.25) is 0 Å². The van der Waals surface area contributed by atoms with Gasteiger partial charge in [-0.3, -0.25) is 4.98 Å². The lowest BCUT2D eigenvalue weighted by Crippen LogP contribution is -2.06. The second kappa shape index (κ2) is 4.83. The number of rotatable bonds is 2. The van der Waals surface area contributed by atoms with E-state index in [0.717, 1.165) is 6.20 Å². The molecule has 0 bridgehead atoms. The van der Waals surface area contributed by atoms with E-state index < -0.39 is 17.7 Å². The second-order valence-corrected chi connectivity index (χ2v) is 4.50. The van der Waals surface area contributed by atoms with E-state index in [4.69, 9.17) is 9.63 Å². The largest absolute Gasteiger partial charge is 0.476 e. The van der Waals surface area contributed by atoms with Crippen molar-refractivity contribution in [3.63, 3.8) is 0 Å². The normalized spacial score (nSPS) is 11.8. The van der Waals surface area contributed by atoms with E-state index in [1.165, 1.54) is 30.5 Å². The molecule has 1 N–H and O–H groups in total. The molecule has 22 heavy (non-hydrogen) atoms. The Bertz CT molecular complexity index is 871. The van der Waals surface area contributed by atoms with Crippen LogP contribution in [0.3, 0.4) is 0 Å². The Morgan fingerprint density at radius 3 is 2.59 bits per heavy atom. The van der Waals surface area contributed by atoms with Gasteiger partial charge in [0.25, 0.3) is 0 Å². The number of nitrogens with zero attached hydrogens (tertiary/aromatic N) is 2. The first kappa shape index (κ1) is 14.1. The summed E-state index contributed by atoms with van der Waals surface area (Å²) in [6, 6.07) is 5.33. The lowest BCUT2D eigenvalue weighted by atomic mass is 10.0. The number of carboxylic acids is 1. The first-order valence-corrected chi connectivity index (χ1v) is 6.01. The van der Waals surface area contributed by atoms with Gasteiger partial charge in [-0.1, -0.05) is 17.3 Å². The number of hydrogen-bond acceptors (Lipinski definition) is 4. The highest BCUT2D eigenvalue weighted by molar-refractivity contribution is 5.90. The Labute approximate surface area is 121 Å². The van der Waals surface area contributed by atoms with Crippen LogP contribution in [0, 0.1) is 0 Å². The van der Waals surface area contributed by atoms with Crippen molar-refractivity contribution in [2.75, 3.05) is 0 Å². The van der Waals surface area contributed by atoms with Crippen LogP contribution in [-0.2, 0) is 6.18 Å². The highest BCUT2D eigenvalue weighted by atomic mass is 19.4. The first-order valence-electron chi connectivity index (χ1n) is 6.01. The van der Waals surface area contributed by atoms with Gasteiger partial charge >= 0.3 is 12.1 Å². The molecule has 0 saturated heterocycles. The van der Waals surface area contributed by atoms with Crippen molar-refractivity contribution in [2.45, 2.75) is 6.18 Å². The van der Waals surface area contributed by atoms with Crippen LogP contribution in [0.5, 0.6) is 0 Å². The number of aromatic carboxylic acids is 1. The molecule has 0 radical (unpaired) electrons. The SMILES string of the molecule is O=C(O)c1cc(-c2ccc3c(C(F)(F)F)cncc3c2)on1. The van der Waals surface area contributed by atoms with Crippen molar-refractivity contribution in [1.82, 2.24) is 10.1 Å². The number of hydrogen-bond donors (Lipinski definition) is 1. The third kappa shape index (κ3) is 2.39. The predicted molar refractivity (Wildman–Crippen MR) is 69.2 cm³/mol. The zero-order chi connectivity index (χ0) is 15.9. The van der Waals surface area contributed by atoms with Crippen LogP contribution in [0.15, 0.2) is 41.2 Å². The molecule has 8 heteroatoms. The number of halogens is 3. The molecule has 112 valence electrons. The molecular weight excluding hydrogens is 301 g/mol. The number of pyridine rings is 1. The van der Waals surface area contributed by atoms with Gasteiger partial charge in [-0.15, -0.1) is 0 Å². The lowest BCUT2D eigenvalue weighted by Gasteiger charge is -2.09. The highest BCUT2D eigenvalue weighted by Gasteiger charge is 2.32. The zero-order valence-electron chi connectivity index (χ0n) is 10.8. The zero-order valence-corrected chi connectivity index (χ0v) is 10.8. The number of carbonyl (C=O) groups is 1. The predicted octanol–water partition coefficient (Wildman–Crippen LogP) is 3.61. The Morgan fingerprint density at radius 1 is 1.18 bits per heavy atom. The summed E-state index contributed by atoms with van der Waals surface area (Å²) in [5.74, 6) is -1.10. The number of alkyl halides is 3. The van der Waals surface area contributed by atoms with E-state index in [1.807, 2.05) is 0 Å².